The van der Waals surface area contributed by atoms with E-state index in [2.05, 4.69) is 48.0 Å². The van der Waals surface area contributed by atoms with E-state index in [9.17, 15) is 0 Å². The van der Waals surface area contributed by atoms with Gasteiger partial charge in [0.2, 0.25) is 0 Å². The van der Waals surface area contributed by atoms with E-state index < -0.39 is 0 Å². The summed E-state index contributed by atoms with van der Waals surface area (Å²) in [5.41, 5.74) is 5.11. The molecular formula is C22H22ClN7S. The number of rotatable bonds is 4. The smallest absolute Gasteiger partial charge is 0.112 e. The van der Waals surface area contributed by atoms with Crippen molar-refractivity contribution in [1.82, 2.24) is 24.5 Å². The average molecular weight is 452 g/mol. The molecule has 0 amide bonds. The molecule has 3 aliphatic rings. The number of hydrogen-bond acceptors (Lipinski definition) is 6. The highest BCUT2D eigenvalue weighted by Gasteiger charge is 2.41. The molecule has 0 spiro atoms. The molecule has 1 saturated carbocycles. The topological polar surface area (TPSA) is 55.0 Å². The Morgan fingerprint density at radius 2 is 1.74 bits per heavy atom. The molecule has 7 rings (SSSR count). The van der Waals surface area contributed by atoms with Crippen LogP contribution in [0.2, 0.25) is 5.02 Å². The zero-order valence-electron chi connectivity index (χ0n) is 16.9. The first kappa shape index (κ1) is 18.0. The minimum absolute atomic E-state index is 0.507. The number of thiazole rings is 1. The first-order valence-corrected chi connectivity index (χ1v) is 12.1. The minimum atomic E-state index is 0.507. The quantitative estimate of drug-likeness (QED) is 0.456. The second kappa shape index (κ2) is 6.71. The summed E-state index contributed by atoms with van der Waals surface area (Å²) in [4.78, 5) is 9.34. The molecule has 2 unspecified atom stereocenters. The molecule has 1 aliphatic carbocycles. The summed E-state index contributed by atoms with van der Waals surface area (Å²) < 4.78 is 4.05. The van der Waals surface area contributed by atoms with Crippen molar-refractivity contribution in [2.75, 3.05) is 22.9 Å². The highest BCUT2D eigenvalue weighted by atomic mass is 35.5. The SMILES string of the molecule is Clc1cc2cnn(-c3cnn(C4CC4)c3)c2cc1N1CC2CCC(C1)N2c1cncs1. The molecule has 5 heterocycles. The van der Waals surface area contributed by atoms with E-state index in [1.54, 1.807) is 11.3 Å². The van der Waals surface area contributed by atoms with Crippen molar-refractivity contribution < 1.29 is 0 Å². The van der Waals surface area contributed by atoms with Gasteiger partial charge in [-0.05, 0) is 37.8 Å². The predicted octanol–water partition coefficient (Wildman–Crippen LogP) is 4.52. The van der Waals surface area contributed by atoms with Gasteiger partial charge in [0.1, 0.15) is 10.7 Å². The summed E-state index contributed by atoms with van der Waals surface area (Å²) in [6.07, 6.45) is 12.8. The van der Waals surface area contributed by atoms with Crippen LogP contribution in [0.3, 0.4) is 0 Å². The fourth-order valence-electron chi connectivity index (χ4n) is 5.26. The summed E-state index contributed by atoms with van der Waals surface area (Å²) >= 11 is 8.52. The van der Waals surface area contributed by atoms with E-state index in [1.165, 1.54) is 30.7 Å². The number of hydrogen-bond donors (Lipinski definition) is 0. The first-order valence-electron chi connectivity index (χ1n) is 10.9. The molecule has 0 N–H and O–H groups in total. The molecule has 158 valence electrons. The van der Waals surface area contributed by atoms with Crippen LogP contribution in [-0.4, -0.2) is 49.7 Å². The zero-order chi connectivity index (χ0) is 20.5. The normalized spacial score (nSPS) is 23.3. The van der Waals surface area contributed by atoms with Crippen molar-refractivity contribution in [3.05, 3.63) is 47.5 Å². The van der Waals surface area contributed by atoms with E-state index in [4.69, 9.17) is 11.6 Å². The molecule has 2 bridgehead atoms. The van der Waals surface area contributed by atoms with Crippen LogP contribution < -0.4 is 9.80 Å². The van der Waals surface area contributed by atoms with Gasteiger partial charge in [0, 0.05) is 30.6 Å². The van der Waals surface area contributed by atoms with Crippen molar-refractivity contribution in [2.45, 2.75) is 43.8 Å². The highest BCUT2D eigenvalue weighted by molar-refractivity contribution is 7.13. The largest absolute Gasteiger partial charge is 0.366 e. The number of piperazine rings is 1. The van der Waals surface area contributed by atoms with E-state index in [0.29, 0.717) is 18.1 Å². The Kier molecular flexibility index (Phi) is 3.90. The van der Waals surface area contributed by atoms with Gasteiger partial charge in [-0.1, -0.05) is 11.6 Å². The molecule has 2 aliphatic heterocycles. The number of aromatic nitrogens is 5. The van der Waals surface area contributed by atoms with Gasteiger partial charge >= 0.3 is 0 Å². The lowest BCUT2D eigenvalue weighted by Gasteiger charge is -2.42. The van der Waals surface area contributed by atoms with Gasteiger partial charge in [-0.2, -0.15) is 10.2 Å². The number of fused-ring (bicyclic) bond motifs is 3. The Bertz CT molecular complexity index is 1240. The highest BCUT2D eigenvalue weighted by Crippen LogP contribution is 2.41. The summed E-state index contributed by atoms with van der Waals surface area (Å²) in [5, 5.41) is 12.3. The molecule has 3 fully saturated rings. The summed E-state index contributed by atoms with van der Waals surface area (Å²) in [5.74, 6) is 0. The molecule has 2 saturated heterocycles. The van der Waals surface area contributed by atoms with E-state index in [0.717, 1.165) is 40.4 Å². The van der Waals surface area contributed by atoms with Crippen LogP contribution in [0, 0.1) is 0 Å². The number of anilines is 2. The Hall–Kier alpha value is -2.58. The standard InChI is InChI=1S/C22H22ClN7S/c23-19-5-14-7-26-30(18-8-25-28(12-18)15-1-2-15)20(14)6-21(19)27-10-16-3-4-17(11-27)29(16)22-9-24-13-31-22/h5-9,12-13,15-17H,1-4,10-11H2. The van der Waals surface area contributed by atoms with Crippen molar-refractivity contribution >= 4 is 44.5 Å². The fourth-order valence-corrected chi connectivity index (χ4v) is 6.32. The van der Waals surface area contributed by atoms with E-state index in [1.807, 2.05) is 28.8 Å². The number of benzene rings is 1. The Balaban J connectivity index is 1.24. The van der Waals surface area contributed by atoms with Gasteiger partial charge in [-0.3, -0.25) is 9.67 Å². The fraction of sp³-hybridized carbons (Fsp3) is 0.409. The predicted molar refractivity (Wildman–Crippen MR) is 124 cm³/mol. The van der Waals surface area contributed by atoms with Crippen LogP contribution in [0.25, 0.3) is 16.6 Å². The van der Waals surface area contributed by atoms with Gasteiger partial charge in [0.05, 0.1) is 52.6 Å². The first-order chi connectivity index (χ1) is 15.2. The minimum Gasteiger partial charge on any atom is -0.366 e. The number of nitrogens with zero attached hydrogens (tertiary/aromatic N) is 7. The van der Waals surface area contributed by atoms with Crippen LogP contribution in [-0.2, 0) is 0 Å². The molecule has 3 aromatic heterocycles. The van der Waals surface area contributed by atoms with Crippen LogP contribution >= 0.6 is 22.9 Å². The Morgan fingerprint density at radius 1 is 0.935 bits per heavy atom. The molecule has 31 heavy (non-hydrogen) atoms. The molecule has 1 aromatic carbocycles. The number of halogens is 1. The molecule has 9 heteroatoms. The van der Waals surface area contributed by atoms with Gasteiger partial charge in [0.15, 0.2) is 0 Å². The van der Waals surface area contributed by atoms with Crippen molar-refractivity contribution in [2.24, 2.45) is 0 Å². The maximum Gasteiger partial charge on any atom is 0.112 e. The summed E-state index contributed by atoms with van der Waals surface area (Å²) in [6.45, 7) is 1.96. The lowest BCUT2D eigenvalue weighted by Crippen LogP contribution is -2.54. The van der Waals surface area contributed by atoms with Crippen molar-refractivity contribution in [3.63, 3.8) is 0 Å². The van der Waals surface area contributed by atoms with Crippen LogP contribution in [0.5, 0.6) is 0 Å². The summed E-state index contributed by atoms with van der Waals surface area (Å²) in [6, 6.07) is 5.84. The average Bonchev–Trinajstić information content (AvgIpc) is 3.14. The van der Waals surface area contributed by atoms with E-state index >= 15 is 0 Å². The van der Waals surface area contributed by atoms with Crippen molar-refractivity contribution in [3.8, 4) is 5.69 Å². The Morgan fingerprint density at radius 3 is 2.48 bits per heavy atom. The lowest BCUT2D eigenvalue weighted by molar-refractivity contribution is 0.538. The molecule has 7 nitrogen and oxygen atoms in total. The third-order valence-corrected chi connectivity index (χ3v) is 7.97. The maximum absolute atomic E-state index is 6.78. The molecule has 0 radical (unpaired) electrons. The van der Waals surface area contributed by atoms with Crippen molar-refractivity contribution in [1.29, 1.82) is 0 Å². The second-order valence-corrected chi connectivity index (χ2v) is 10.1. The molecule has 2 atom stereocenters. The van der Waals surface area contributed by atoms with Crippen LogP contribution in [0.15, 0.2) is 42.4 Å². The maximum atomic E-state index is 6.78. The molecule has 4 aromatic rings. The monoisotopic (exact) mass is 451 g/mol. The lowest BCUT2D eigenvalue weighted by atomic mass is 10.1. The van der Waals surface area contributed by atoms with Crippen LogP contribution in [0.4, 0.5) is 10.7 Å². The molecular weight excluding hydrogens is 430 g/mol. The third-order valence-electron chi connectivity index (χ3n) is 6.89. The van der Waals surface area contributed by atoms with Gasteiger partial charge < -0.3 is 9.80 Å². The van der Waals surface area contributed by atoms with Gasteiger partial charge in [0.25, 0.3) is 0 Å². The zero-order valence-corrected chi connectivity index (χ0v) is 18.5. The summed E-state index contributed by atoms with van der Waals surface area (Å²) in [7, 11) is 0. The third kappa shape index (κ3) is 2.88. The van der Waals surface area contributed by atoms with E-state index in [-0.39, 0.29) is 0 Å². The Labute approximate surface area is 188 Å². The van der Waals surface area contributed by atoms with Gasteiger partial charge in [-0.25, -0.2) is 4.68 Å². The van der Waals surface area contributed by atoms with Crippen LogP contribution in [0.1, 0.15) is 31.7 Å². The van der Waals surface area contributed by atoms with Gasteiger partial charge in [-0.15, -0.1) is 11.3 Å². The second-order valence-electron chi connectivity index (χ2n) is 8.87.